The van der Waals surface area contributed by atoms with E-state index in [0.717, 1.165) is 12.8 Å². The molecule has 1 saturated carbocycles. The Labute approximate surface area is 71.6 Å². The minimum Gasteiger partial charge on any atom is -0.317 e. The Morgan fingerprint density at radius 2 is 2.17 bits per heavy atom. The molecular formula is C9H13F2N. The predicted molar refractivity (Wildman–Crippen MR) is 42.9 cm³/mol. The van der Waals surface area contributed by atoms with Crippen LogP contribution >= 0.6 is 0 Å². The minimum absolute atomic E-state index is 0.387. The molecule has 0 bridgehead atoms. The lowest BCUT2D eigenvalue weighted by Crippen LogP contribution is -2.07. The van der Waals surface area contributed by atoms with E-state index in [1.54, 1.807) is 0 Å². The highest BCUT2D eigenvalue weighted by Crippen LogP contribution is 2.36. The van der Waals surface area contributed by atoms with Crippen molar-refractivity contribution in [1.29, 1.82) is 0 Å². The molecule has 0 spiro atoms. The first kappa shape index (κ1) is 9.44. The molecule has 0 N–H and O–H groups in total. The first-order valence-corrected chi connectivity index (χ1v) is 4.35. The standard InChI is InChI=1S/C9H13F2N/c1-12-5-4-7-2-3-8(6-7)9(10)11/h7-9H,2-6H2. The summed E-state index contributed by atoms with van der Waals surface area (Å²) in [5.41, 5.74) is 0. The first-order valence-electron chi connectivity index (χ1n) is 4.35. The molecule has 0 aromatic carbocycles. The zero-order valence-electron chi connectivity index (χ0n) is 6.97. The molecule has 0 aromatic rings. The molecule has 12 heavy (non-hydrogen) atoms. The molecule has 0 heterocycles. The third kappa shape index (κ3) is 2.44. The monoisotopic (exact) mass is 173 g/mol. The molecule has 1 nitrogen and oxygen atoms in total. The number of alkyl halides is 2. The largest absolute Gasteiger partial charge is 0.317 e. The zero-order valence-corrected chi connectivity index (χ0v) is 6.97. The van der Waals surface area contributed by atoms with Gasteiger partial charge in [0.25, 0.3) is 0 Å². The lowest BCUT2D eigenvalue weighted by Gasteiger charge is -2.07. The SMILES string of the molecule is [C-]#[N+]CCC1CCC(C(F)F)C1. The fraction of sp³-hybridized carbons (Fsp3) is 0.889. The van der Waals surface area contributed by atoms with Gasteiger partial charge in [-0.05, 0) is 25.2 Å². The van der Waals surface area contributed by atoms with Crippen LogP contribution in [-0.2, 0) is 0 Å². The molecule has 2 atom stereocenters. The third-order valence-electron chi connectivity index (χ3n) is 2.59. The van der Waals surface area contributed by atoms with Gasteiger partial charge in [-0.1, -0.05) is 0 Å². The Bertz CT molecular complexity index is 174. The number of nitrogens with zero attached hydrogens (tertiary/aromatic N) is 1. The maximum absolute atomic E-state index is 12.2. The average Bonchev–Trinajstić information content (AvgIpc) is 2.48. The number of hydrogen-bond acceptors (Lipinski definition) is 0. The van der Waals surface area contributed by atoms with Crippen molar-refractivity contribution in [3.63, 3.8) is 0 Å². The van der Waals surface area contributed by atoms with Crippen LogP contribution in [-0.4, -0.2) is 13.0 Å². The van der Waals surface area contributed by atoms with Gasteiger partial charge in [0, 0.05) is 12.3 Å². The van der Waals surface area contributed by atoms with Gasteiger partial charge in [0.05, 0.1) is 0 Å². The third-order valence-corrected chi connectivity index (χ3v) is 2.59. The molecule has 1 aliphatic rings. The van der Waals surface area contributed by atoms with Crippen LogP contribution in [0.2, 0.25) is 0 Å². The molecule has 1 rings (SSSR count). The normalized spacial score (nSPS) is 29.2. The highest BCUT2D eigenvalue weighted by atomic mass is 19.3. The second kappa shape index (κ2) is 4.39. The molecule has 1 aliphatic carbocycles. The highest BCUT2D eigenvalue weighted by Gasteiger charge is 2.30. The molecule has 0 aliphatic heterocycles. The van der Waals surface area contributed by atoms with Gasteiger partial charge in [0.1, 0.15) is 0 Å². The molecule has 0 saturated heterocycles. The molecule has 0 radical (unpaired) electrons. The Hall–Kier alpha value is -0.650. The summed E-state index contributed by atoms with van der Waals surface area (Å²) in [7, 11) is 0. The topological polar surface area (TPSA) is 4.36 Å². The average molecular weight is 173 g/mol. The van der Waals surface area contributed by atoms with Crippen LogP contribution in [0.4, 0.5) is 8.78 Å². The zero-order chi connectivity index (χ0) is 8.97. The van der Waals surface area contributed by atoms with E-state index in [1.807, 2.05) is 0 Å². The van der Waals surface area contributed by atoms with Crippen molar-refractivity contribution in [2.45, 2.75) is 32.1 Å². The molecule has 3 heteroatoms. The van der Waals surface area contributed by atoms with Crippen LogP contribution in [0.3, 0.4) is 0 Å². The summed E-state index contributed by atoms with van der Waals surface area (Å²) in [5, 5.41) is 0. The van der Waals surface area contributed by atoms with E-state index in [2.05, 4.69) is 4.85 Å². The second-order valence-corrected chi connectivity index (χ2v) is 3.44. The van der Waals surface area contributed by atoms with Gasteiger partial charge in [-0.25, -0.2) is 15.4 Å². The van der Waals surface area contributed by atoms with Crippen molar-refractivity contribution in [3.05, 3.63) is 11.4 Å². The van der Waals surface area contributed by atoms with Crippen LogP contribution in [0, 0.1) is 18.4 Å². The fourth-order valence-electron chi connectivity index (χ4n) is 1.85. The second-order valence-electron chi connectivity index (χ2n) is 3.44. The van der Waals surface area contributed by atoms with Crippen LogP contribution in [0.1, 0.15) is 25.7 Å². The Morgan fingerprint density at radius 1 is 1.42 bits per heavy atom. The van der Waals surface area contributed by atoms with Crippen LogP contribution in [0.25, 0.3) is 4.85 Å². The minimum atomic E-state index is -2.15. The summed E-state index contributed by atoms with van der Waals surface area (Å²) >= 11 is 0. The van der Waals surface area contributed by atoms with E-state index in [0.29, 0.717) is 25.3 Å². The molecule has 68 valence electrons. The molecule has 0 aromatic heterocycles. The van der Waals surface area contributed by atoms with Gasteiger partial charge in [-0.2, -0.15) is 0 Å². The van der Waals surface area contributed by atoms with Gasteiger partial charge in [0.2, 0.25) is 13.0 Å². The predicted octanol–water partition coefficient (Wildman–Crippen LogP) is 2.98. The van der Waals surface area contributed by atoms with E-state index >= 15 is 0 Å². The van der Waals surface area contributed by atoms with E-state index in [-0.39, 0.29) is 5.92 Å². The summed E-state index contributed by atoms with van der Waals surface area (Å²) in [6, 6.07) is 0. The van der Waals surface area contributed by atoms with Crippen molar-refractivity contribution >= 4 is 0 Å². The number of hydrogen-bond donors (Lipinski definition) is 0. The lowest BCUT2D eigenvalue weighted by molar-refractivity contribution is 0.0783. The summed E-state index contributed by atoms with van der Waals surface area (Å²) in [6.45, 7) is 7.08. The van der Waals surface area contributed by atoms with Crippen molar-refractivity contribution in [3.8, 4) is 0 Å². The van der Waals surface area contributed by atoms with E-state index < -0.39 is 6.43 Å². The Kier molecular flexibility index (Phi) is 3.46. The van der Waals surface area contributed by atoms with Gasteiger partial charge in [-0.3, -0.25) is 0 Å². The smallest absolute Gasteiger partial charge is 0.241 e. The Balaban J connectivity index is 2.22. The van der Waals surface area contributed by atoms with Crippen LogP contribution < -0.4 is 0 Å². The van der Waals surface area contributed by atoms with Crippen molar-refractivity contribution in [1.82, 2.24) is 0 Å². The number of rotatable bonds is 3. The van der Waals surface area contributed by atoms with Gasteiger partial charge >= 0.3 is 0 Å². The van der Waals surface area contributed by atoms with Crippen molar-refractivity contribution in [2.75, 3.05) is 6.54 Å². The summed E-state index contributed by atoms with van der Waals surface area (Å²) in [4.78, 5) is 3.23. The van der Waals surface area contributed by atoms with Gasteiger partial charge < -0.3 is 4.85 Å². The van der Waals surface area contributed by atoms with E-state index in [4.69, 9.17) is 6.57 Å². The summed E-state index contributed by atoms with van der Waals surface area (Å²) < 4.78 is 24.3. The molecule has 0 amide bonds. The van der Waals surface area contributed by atoms with Gasteiger partial charge in [-0.15, -0.1) is 0 Å². The maximum Gasteiger partial charge on any atom is 0.241 e. The quantitative estimate of drug-likeness (QED) is 0.578. The molecular weight excluding hydrogens is 160 g/mol. The van der Waals surface area contributed by atoms with E-state index in [1.165, 1.54) is 0 Å². The lowest BCUT2D eigenvalue weighted by atomic mass is 10.0. The highest BCUT2D eigenvalue weighted by molar-refractivity contribution is 4.78. The fourth-order valence-corrected chi connectivity index (χ4v) is 1.85. The maximum atomic E-state index is 12.2. The number of halogens is 2. The van der Waals surface area contributed by atoms with E-state index in [9.17, 15) is 8.78 Å². The first-order chi connectivity index (χ1) is 5.74. The summed E-state index contributed by atoms with van der Waals surface area (Å²) in [5.74, 6) is -0.00108. The molecule has 1 fully saturated rings. The summed E-state index contributed by atoms with van der Waals surface area (Å²) in [6.07, 6.45) is 0.841. The Morgan fingerprint density at radius 3 is 2.67 bits per heavy atom. The molecule has 2 unspecified atom stereocenters. The van der Waals surface area contributed by atoms with Gasteiger partial charge in [0.15, 0.2) is 0 Å². The van der Waals surface area contributed by atoms with Crippen molar-refractivity contribution in [2.24, 2.45) is 11.8 Å². The van der Waals surface area contributed by atoms with Crippen LogP contribution in [0.15, 0.2) is 0 Å². The van der Waals surface area contributed by atoms with Crippen molar-refractivity contribution < 1.29 is 8.78 Å². The van der Waals surface area contributed by atoms with Crippen LogP contribution in [0.5, 0.6) is 0 Å².